The van der Waals surface area contributed by atoms with Crippen LogP contribution in [0.3, 0.4) is 0 Å². The Labute approximate surface area is 101 Å². The molecular formula is C11H20N4S. The SMILES string of the molecule is CSC(C)CNc1cc(N)nc(C(C)C)n1. The summed E-state index contributed by atoms with van der Waals surface area (Å²) in [5.74, 6) is 2.43. The first-order valence-corrected chi connectivity index (χ1v) is 6.72. The van der Waals surface area contributed by atoms with Crippen molar-refractivity contribution >= 4 is 23.4 Å². The summed E-state index contributed by atoms with van der Waals surface area (Å²) in [5, 5.41) is 3.83. The van der Waals surface area contributed by atoms with E-state index in [2.05, 4.69) is 42.3 Å². The first-order chi connectivity index (χ1) is 7.52. The zero-order valence-corrected chi connectivity index (χ0v) is 11.1. The number of hydrogen-bond acceptors (Lipinski definition) is 5. The Morgan fingerprint density at radius 2 is 2.06 bits per heavy atom. The third kappa shape index (κ3) is 3.89. The standard InChI is InChI=1S/C11H20N4S/c1-7(2)11-14-9(12)5-10(15-11)13-6-8(3)16-4/h5,7-8H,6H2,1-4H3,(H3,12,13,14,15). The molecule has 0 bridgehead atoms. The second-order valence-corrected chi connectivity index (χ2v) is 5.39. The van der Waals surface area contributed by atoms with Gasteiger partial charge in [0, 0.05) is 23.8 Å². The van der Waals surface area contributed by atoms with Crippen LogP contribution >= 0.6 is 11.8 Å². The highest BCUT2D eigenvalue weighted by Crippen LogP contribution is 2.15. The molecule has 0 saturated heterocycles. The third-order valence-electron chi connectivity index (χ3n) is 2.25. The van der Waals surface area contributed by atoms with Gasteiger partial charge in [0.15, 0.2) is 0 Å². The number of nitrogens with two attached hydrogens (primary N) is 1. The van der Waals surface area contributed by atoms with Crippen molar-refractivity contribution in [3.63, 3.8) is 0 Å². The molecule has 0 saturated carbocycles. The molecule has 3 N–H and O–H groups in total. The summed E-state index contributed by atoms with van der Waals surface area (Å²) in [6.07, 6.45) is 2.10. The highest BCUT2D eigenvalue weighted by Gasteiger charge is 2.07. The summed E-state index contributed by atoms with van der Waals surface area (Å²) >= 11 is 1.82. The van der Waals surface area contributed by atoms with E-state index in [4.69, 9.17) is 5.73 Å². The van der Waals surface area contributed by atoms with Gasteiger partial charge >= 0.3 is 0 Å². The maximum Gasteiger partial charge on any atom is 0.135 e. The molecule has 1 unspecified atom stereocenters. The van der Waals surface area contributed by atoms with Crippen LogP contribution in [0, 0.1) is 0 Å². The number of aromatic nitrogens is 2. The molecule has 0 aliphatic rings. The quantitative estimate of drug-likeness (QED) is 0.827. The molecule has 4 nitrogen and oxygen atoms in total. The number of rotatable bonds is 5. The van der Waals surface area contributed by atoms with Crippen molar-refractivity contribution in [3.8, 4) is 0 Å². The number of anilines is 2. The highest BCUT2D eigenvalue weighted by molar-refractivity contribution is 7.99. The second kappa shape index (κ2) is 5.94. The van der Waals surface area contributed by atoms with Crippen LogP contribution in [0.5, 0.6) is 0 Å². The Kier molecular flexibility index (Phi) is 4.86. The van der Waals surface area contributed by atoms with E-state index in [1.807, 2.05) is 11.8 Å². The van der Waals surface area contributed by atoms with Crippen molar-refractivity contribution in [2.24, 2.45) is 0 Å². The second-order valence-electron chi connectivity index (χ2n) is 4.12. The molecule has 16 heavy (non-hydrogen) atoms. The zero-order valence-electron chi connectivity index (χ0n) is 10.3. The Morgan fingerprint density at radius 1 is 1.38 bits per heavy atom. The third-order valence-corrected chi connectivity index (χ3v) is 3.22. The van der Waals surface area contributed by atoms with Crippen LogP contribution in [-0.4, -0.2) is 28.0 Å². The predicted molar refractivity (Wildman–Crippen MR) is 72.0 cm³/mol. The molecule has 1 atom stereocenters. The summed E-state index contributed by atoms with van der Waals surface area (Å²) in [6, 6.07) is 1.78. The number of hydrogen-bond donors (Lipinski definition) is 2. The van der Waals surface area contributed by atoms with Crippen molar-refractivity contribution in [3.05, 3.63) is 11.9 Å². The molecular weight excluding hydrogens is 220 g/mol. The van der Waals surface area contributed by atoms with Crippen LogP contribution in [0.25, 0.3) is 0 Å². The number of nitrogens with zero attached hydrogens (tertiary/aromatic N) is 2. The molecule has 0 radical (unpaired) electrons. The van der Waals surface area contributed by atoms with Gasteiger partial charge in [-0.3, -0.25) is 0 Å². The first kappa shape index (κ1) is 13.1. The van der Waals surface area contributed by atoms with Crippen LogP contribution in [0.4, 0.5) is 11.6 Å². The topological polar surface area (TPSA) is 63.8 Å². The highest BCUT2D eigenvalue weighted by atomic mass is 32.2. The minimum atomic E-state index is 0.294. The van der Waals surface area contributed by atoms with Gasteiger partial charge in [0.2, 0.25) is 0 Å². The zero-order chi connectivity index (χ0) is 12.1. The largest absolute Gasteiger partial charge is 0.384 e. The molecule has 90 valence electrons. The monoisotopic (exact) mass is 240 g/mol. The molecule has 0 aliphatic carbocycles. The van der Waals surface area contributed by atoms with Gasteiger partial charge in [-0.25, -0.2) is 9.97 Å². The molecule has 1 aromatic rings. The molecule has 0 fully saturated rings. The molecule has 0 amide bonds. The van der Waals surface area contributed by atoms with Gasteiger partial charge in [-0.15, -0.1) is 0 Å². The van der Waals surface area contributed by atoms with Gasteiger partial charge in [0.1, 0.15) is 17.5 Å². The van der Waals surface area contributed by atoms with Crippen molar-refractivity contribution in [2.45, 2.75) is 31.9 Å². The molecule has 5 heteroatoms. The summed E-state index contributed by atoms with van der Waals surface area (Å²) < 4.78 is 0. The maximum atomic E-state index is 5.74. The van der Waals surface area contributed by atoms with Gasteiger partial charge in [-0.1, -0.05) is 20.8 Å². The molecule has 0 aliphatic heterocycles. The normalized spacial score (nSPS) is 12.8. The first-order valence-electron chi connectivity index (χ1n) is 5.44. The van der Waals surface area contributed by atoms with Crippen molar-refractivity contribution in [2.75, 3.05) is 23.9 Å². The van der Waals surface area contributed by atoms with Gasteiger partial charge in [0.25, 0.3) is 0 Å². The molecule has 0 spiro atoms. The molecule has 1 rings (SSSR count). The Balaban J connectivity index is 2.72. The van der Waals surface area contributed by atoms with Gasteiger partial charge < -0.3 is 11.1 Å². The van der Waals surface area contributed by atoms with E-state index in [0.29, 0.717) is 17.0 Å². The van der Waals surface area contributed by atoms with Crippen molar-refractivity contribution in [1.29, 1.82) is 0 Å². The predicted octanol–water partition coefficient (Wildman–Crippen LogP) is 2.35. The van der Waals surface area contributed by atoms with Gasteiger partial charge in [0.05, 0.1) is 0 Å². The molecule has 0 aromatic carbocycles. The lowest BCUT2D eigenvalue weighted by molar-refractivity contribution is 0.776. The lowest BCUT2D eigenvalue weighted by Gasteiger charge is -2.12. The minimum absolute atomic E-state index is 0.294. The van der Waals surface area contributed by atoms with Crippen molar-refractivity contribution < 1.29 is 0 Å². The molecule has 1 heterocycles. The van der Waals surface area contributed by atoms with Crippen LogP contribution in [0.1, 0.15) is 32.5 Å². The average Bonchev–Trinajstić information content (AvgIpc) is 2.25. The van der Waals surface area contributed by atoms with Gasteiger partial charge in [-0.2, -0.15) is 11.8 Å². The average molecular weight is 240 g/mol. The van der Waals surface area contributed by atoms with E-state index >= 15 is 0 Å². The summed E-state index contributed by atoms with van der Waals surface area (Å²) in [6.45, 7) is 7.17. The lowest BCUT2D eigenvalue weighted by atomic mass is 10.2. The van der Waals surface area contributed by atoms with E-state index in [-0.39, 0.29) is 0 Å². The summed E-state index contributed by atoms with van der Waals surface area (Å²) in [7, 11) is 0. The van der Waals surface area contributed by atoms with E-state index in [1.54, 1.807) is 6.07 Å². The maximum absolute atomic E-state index is 5.74. The smallest absolute Gasteiger partial charge is 0.135 e. The Bertz CT molecular complexity index is 341. The van der Waals surface area contributed by atoms with Crippen molar-refractivity contribution in [1.82, 2.24) is 9.97 Å². The van der Waals surface area contributed by atoms with Crippen LogP contribution in [0.15, 0.2) is 6.07 Å². The number of nitrogens with one attached hydrogen (secondary N) is 1. The molecule has 1 aromatic heterocycles. The van der Waals surface area contributed by atoms with E-state index in [0.717, 1.165) is 18.2 Å². The fourth-order valence-electron chi connectivity index (χ4n) is 1.17. The Morgan fingerprint density at radius 3 is 2.62 bits per heavy atom. The van der Waals surface area contributed by atoms with Crippen LogP contribution in [-0.2, 0) is 0 Å². The van der Waals surface area contributed by atoms with Crippen LogP contribution in [0.2, 0.25) is 0 Å². The Hall–Kier alpha value is -0.970. The van der Waals surface area contributed by atoms with E-state index in [1.165, 1.54) is 0 Å². The lowest BCUT2D eigenvalue weighted by Crippen LogP contribution is -2.15. The minimum Gasteiger partial charge on any atom is -0.384 e. The van der Waals surface area contributed by atoms with E-state index in [9.17, 15) is 0 Å². The van der Waals surface area contributed by atoms with E-state index < -0.39 is 0 Å². The van der Waals surface area contributed by atoms with Crippen LogP contribution < -0.4 is 11.1 Å². The number of thioether (sulfide) groups is 1. The summed E-state index contributed by atoms with van der Waals surface area (Å²) in [5.41, 5.74) is 5.74. The number of nitrogen functional groups attached to an aromatic ring is 1. The van der Waals surface area contributed by atoms with Gasteiger partial charge in [-0.05, 0) is 6.26 Å². The summed E-state index contributed by atoms with van der Waals surface area (Å²) in [4.78, 5) is 8.63. The fourth-order valence-corrected chi connectivity index (χ4v) is 1.42. The fraction of sp³-hybridized carbons (Fsp3) is 0.636.